The summed E-state index contributed by atoms with van der Waals surface area (Å²) in [6.07, 6.45) is 0. The van der Waals surface area contributed by atoms with Crippen LogP contribution in [0.2, 0.25) is 0 Å². The standard InChI is InChI=1S/C15H16N4O/c1-3-20-12-8-7-11-14(18-12)19-15(17-11)13-9(2)5-4-6-10(13)16/h4-8H,3,16H2,1-2H3,(H,17,18,19). The molecular formula is C15H16N4O. The average molecular weight is 268 g/mol. The lowest BCUT2D eigenvalue weighted by Gasteiger charge is -2.05. The minimum absolute atomic E-state index is 0.579. The molecule has 0 unspecified atom stereocenters. The van der Waals surface area contributed by atoms with Gasteiger partial charge in [-0.2, -0.15) is 4.98 Å². The van der Waals surface area contributed by atoms with Gasteiger partial charge in [-0.05, 0) is 31.5 Å². The molecule has 0 fully saturated rings. The van der Waals surface area contributed by atoms with Crippen molar-refractivity contribution in [3.8, 4) is 17.3 Å². The Kier molecular flexibility index (Phi) is 3.02. The van der Waals surface area contributed by atoms with Gasteiger partial charge >= 0.3 is 0 Å². The number of hydrogen-bond donors (Lipinski definition) is 2. The Labute approximate surface area is 116 Å². The van der Waals surface area contributed by atoms with E-state index >= 15 is 0 Å². The van der Waals surface area contributed by atoms with E-state index < -0.39 is 0 Å². The minimum atomic E-state index is 0.579. The first-order valence-corrected chi connectivity index (χ1v) is 6.54. The summed E-state index contributed by atoms with van der Waals surface area (Å²) in [4.78, 5) is 12.1. The van der Waals surface area contributed by atoms with E-state index in [0.29, 0.717) is 23.8 Å². The Morgan fingerprint density at radius 1 is 1.20 bits per heavy atom. The molecule has 0 bridgehead atoms. The number of anilines is 1. The average Bonchev–Trinajstić information content (AvgIpc) is 2.81. The second-order valence-corrected chi connectivity index (χ2v) is 4.58. The number of hydrogen-bond acceptors (Lipinski definition) is 4. The van der Waals surface area contributed by atoms with Crippen LogP contribution in [-0.4, -0.2) is 21.6 Å². The molecule has 0 aliphatic carbocycles. The van der Waals surface area contributed by atoms with Crippen LogP contribution in [0.15, 0.2) is 30.3 Å². The number of ether oxygens (including phenoxy) is 1. The zero-order valence-electron chi connectivity index (χ0n) is 11.5. The predicted molar refractivity (Wildman–Crippen MR) is 79.6 cm³/mol. The van der Waals surface area contributed by atoms with E-state index in [4.69, 9.17) is 10.5 Å². The van der Waals surface area contributed by atoms with Crippen LogP contribution in [0.1, 0.15) is 12.5 Å². The maximum absolute atomic E-state index is 6.05. The zero-order valence-corrected chi connectivity index (χ0v) is 11.5. The third-order valence-electron chi connectivity index (χ3n) is 3.15. The number of nitrogens with one attached hydrogen (secondary N) is 1. The first-order chi connectivity index (χ1) is 9.69. The van der Waals surface area contributed by atoms with Gasteiger partial charge in [-0.1, -0.05) is 12.1 Å². The highest BCUT2D eigenvalue weighted by atomic mass is 16.5. The van der Waals surface area contributed by atoms with Crippen molar-refractivity contribution in [2.24, 2.45) is 0 Å². The van der Waals surface area contributed by atoms with Crippen LogP contribution in [0.5, 0.6) is 5.88 Å². The molecule has 3 N–H and O–H groups in total. The summed E-state index contributed by atoms with van der Waals surface area (Å²) in [5.41, 5.74) is 10.2. The summed E-state index contributed by atoms with van der Waals surface area (Å²) in [5.74, 6) is 1.31. The molecule has 3 aromatic rings. The van der Waals surface area contributed by atoms with Crippen LogP contribution in [0.4, 0.5) is 5.69 Å². The van der Waals surface area contributed by atoms with Gasteiger partial charge in [0.15, 0.2) is 5.65 Å². The normalized spacial score (nSPS) is 10.9. The highest BCUT2D eigenvalue weighted by Gasteiger charge is 2.12. The van der Waals surface area contributed by atoms with Crippen molar-refractivity contribution < 1.29 is 4.74 Å². The summed E-state index contributed by atoms with van der Waals surface area (Å²) >= 11 is 0. The van der Waals surface area contributed by atoms with E-state index in [1.54, 1.807) is 0 Å². The van der Waals surface area contributed by atoms with E-state index in [2.05, 4.69) is 15.0 Å². The largest absolute Gasteiger partial charge is 0.478 e. The van der Waals surface area contributed by atoms with Crippen molar-refractivity contribution in [3.63, 3.8) is 0 Å². The molecule has 0 saturated carbocycles. The SMILES string of the molecule is CCOc1ccc2[nH]c(-c3c(C)cccc3N)nc2n1. The Morgan fingerprint density at radius 3 is 2.80 bits per heavy atom. The zero-order chi connectivity index (χ0) is 14.1. The monoisotopic (exact) mass is 268 g/mol. The van der Waals surface area contributed by atoms with Gasteiger partial charge < -0.3 is 15.5 Å². The van der Waals surface area contributed by atoms with Gasteiger partial charge in [-0.3, -0.25) is 0 Å². The highest BCUT2D eigenvalue weighted by molar-refractivity contribution is 5.82. The van der Waals surface area contributed by atoms with E-state index in [9.17, 15) is 0 Å². The minimum Gasteiger partial charge on any atom is -0.478 e. The van der Waals surface area contributed by atoms with Gasteiger partial charge in [0.2, 0.25) is 5.88 Å². The van der Waals surface area contributed by atoms with Crippen LogP contribution in [0, 0.1) is 6.92 Å². The second kappa shape index (κ2) is 4.85. The van der Waals surface area contributed by atoms with Crippen molar-refractivity contribution in [3.05, 3.63) is 35.9 Å². The number of benzene rings is 1. The summed E-state index contributed by atoms with van der Waals surface area (Å²) < 4.78 is 5.39. The Balaban J connectivity index is 2.13. The first kappa shape index (κ1) is 12.5. The molecule has 0 amide bonds. The molecule has 3 rings (SSSR count). The molecule has 0 radical (unpaired) electrons. The number of rotatable bonds is 3. The fraction of sp³-hybridized carbons (Fsp3) is 0.200. The van der Waals surface area contributed by atoms with E-state index in [1.807, 2.05) is 44.2 Å². The van der Waals surface area contributed by atoms with Crippen molar-refractivity contribution in [2.45, 2.75) is 13.8 Å². The number of pyridine rings is 1. The van der Waals surface area contributed by atoms with Crippen LogP contribution in [0.3, 0.4) is 0 Å². The fourth-order valence-electron chi connectivity index (χ4n) is 2.24. The molecule has 1 aromatic carbocycles. The summed E-state index contributed by atoms with van der Waals surface area (Å²) in [6, 6.07) is 9.56. The quantitative estimate of drug-likeness (QED) is 0.716. The third-order valence-corrected chi connectivity index (χ3v) is 3.15. The molecule has 5 heteroatoms. The Morgan fingerprint density at radius 2 is 2.05 bits per heavy atom. The van der Waals surface area contributed by atoms with Crippen LogP contribution in [0.25, 0.3) is 22.6 Å². The van der Waals surface area contributed by atoms with E-state index in [1.165, 1.54) is 0 Å². The van der Waals surface area contributed by atoms with Gasteiger partial charge in [0.05, 0.1) is 12.1 Å². The predicted octanol–water partition coefficient (Wildman–Crippen LogP) is 2.91. The summed E-state index contributed by atoms with van der Waals surface area (Å²) in [6.45, 7) is 4.52. The molecule has 0 aliphatic heterocycles. The van der Waals surface area contributed by atoms with Crippen LogP contribution in [-0.2, 0) is 0 Å². The summed E-state index contributed by atoms with van der Waals surface area (Å²) in [5, 5.41) is 0. The van der Waals surface area contributed by atoms with E-state index in [-0.39, 0.29) is 0 Å². The molecule has 0 aliphatic rings. The molecule has 0 atom stereocenters. The molecule has 0 saturated heterocycles. The summed E-state index contributed by atoms with van der Waals surface area (Å²) in [7, 11) is 0. The number of aromatic amines is 1. The highest BCUT2D eigenvalue weighted by Crippen LogP contribution is 2.28. The second-order valence-electron chi connectivity index (χ2n) is 4.58. The van der Waals surface area contributed by atoms with Gasteiger partial charge in [0.1, 0.15) is 5.82 Å². The van der Waals surface area contributed by atoms with Gasteiger partial charge in [0, 0.05) is 17.3 Å². The van der Waals surface area contributed by atoms with Gasteiger partial charge in [0.25, 0.3) is 0 Å². The Bertz CT molecular complexity index is 743. The lowest BCUT2D eigenvalue weighted by molar-refractivity contribution is 0.328. The number of imidazole rings is 1. The van der Waals surface area contributed by atoms with Crippen molar-refractivity contribution >= 4 is 16.9 Å². The van der Waals surface area contributed by atoms with Crippen LogP contribution >= 0.6 is 0 Å². The number of aryl methyl sites for hydroxylation is 1. The number of aromatic nitrogens is 3. The lowest BCUT2D eigenvalue weighted by atomic mass is 10.1. The maximum atomic E-state index is 6.05. The molecule has 2 aromatic heterocycles. The number of nitrogens with two attached hydrogens (primary N) is 1. The molecule has 0 spiro atoms. The van der Waals surface area contributed by atoms with Crippen molar-refractivity contribution in [1.29, 1.82) is 0 Å². The molecule has 20 heavy (non-hydrogen) atoms. The Hall–Kier alpha value is -2.56. The van der Waals surface area contributed by atoms with Crippen molar-refractivity contribution in [1.82, 2.24) is 15.0 Å². The number of nitrogens with zero attached hydrogens (tertiary/aromatic N) is 2. The van der Waals surface area contributed by atoms with E-state index in [0.717, 1.165) is 22.5 Å². The molecule has 102 valence electrons. The molecular weight excluding hydrogens is 252 g/mol. The van der Waals surface area contributed by atoms with Gasteiger partial charge in [-0.25, -0.2) is 4.98 Å². The number of H-pyrrole nitrogens is 1. The van der Waals surface area contributed by atoms with Crippen molar-refractivity contribution in [2.75, 3.05) is 12.3 Å². The van der Waals surface area contributed by atoms with Crippen LogP contribution < -0.4 is 10.5 Å². The lowest BCUT2D eigenvalue weighted by Crippen LogP contribution is -1.94. The first-order valence-electron chi connectivity index (χ1n) is 6.54. The fourth-order valence-corrected chi connectivity index (χ4v) is 2.24. The van der Waals surface area contributed by atoms with Gasteiger partial charge in [-0.15, -0.1) is 0 Å². The number of nitrogen functional groups attached to an aromatic ring is 1. The third kappa shape index (κ3) is 2.07. The number of fused-ring (bicyclic) bond motifs is 1. The molecule has 2 heterocycles. The topological polar surface area (TPSA) is 76.8 Å². The smallest absolute Gasteiger partial charge is 0.215 e. The molecule has 5 nitrogen and oxygen atoms in total. The maximum Gasteiger partial charge on any atom is 0.215 e.